The van der Waals surface area contributed by atoms with Gasteiger partial charge in [-0.25, -0.2) is 0 Å². The summed E-state index contributed by atoms with van der Waals surface area (Å²) < 4.78 is 11.1. The first kappa shape index (κ1) is 20.1. The Morgan fingerprint density at radius 3 is 2.59 bits per heavy atom. The Morgan fingerprint density at radius 1 is 1.30 bits per heavy atom. The molecule has 6 nitrogen and oxygen atoms in total. The highest BCUT2D eigenvalue weighted by Gasteiger charge is 2.53. The average molecular weight is 395 g/mol. The van der Waals surface area contributed by atoms with Crippen molar-refractivity contribution in [2.75, 3.05) is 26.9 Å². The molecule has 1 aromatic carbocycles. The molecule has 2 fully saturated rings. The van der Waals surface area contributed by atoms with Crippen molar-refractivity contribution in [2.24, 2.45) is 5.92 Å². The molecule has 0 bridgehead atoms. The molecule has 1 atom stereocenters. The lowest BCUT2D eigenvalue weighted by molar-refractivity contribution is -0.128. The van der Waals surface area contributed by atoms with Gasteiger partial charge < -0.3 is 14.8 Å². The summed E-state index contributed by atoms with van der Waals surface area (Å²) in [7, 11) is 1.58. The van der Waals surface area contributed by atoms with Crippen molar-refractivity contribution in [1.82, 2.24) is 10.2 Å². The van der Waals surface area contributed by atoms with Crippen LogP contribution in [0.25, 0.3) is 0 Å². The molecule has 1 N–H and O–H groups in total. The number of hydrogen-bond donors (Lipinski definition) is 1. The number of carbonyl (C=O) groups is 2. The van der Waals surface area contributed by atoms with Crippen LogP contribution in [0.15, 0.2) is 24.3 Å². The minimum atomic E-state index is -0.702. The third-order valence-corrected chi connectivity index (χ3v) is 5.79. The quantitative estimate of drug-likeness (QED) is 0.780. The topological polar surface area (TPSA) is 67.9 Å². The van der Waals surface area contributed by atoms with Crippen molar-refractivity contribution in [3.8, 4) is 0 Å². The highest BCUT2D eigenvalue weighted by Crippen LogP contribution is 2.43. The molecule has 2 aliphatic rings. The van der Waals surface area contributed by atoms with Gasteiger partial charge in [0.25, 0.3) is 5.91 Å². The van der Waals surface area contributed by atoms with E-state index in [4.69, 9.17) is 21.1 Å². The van der Waals surface area contributed by atoms with E-state index in [0.29, 0.717) is 29.7 Å². The first-order valence-corrected chi connectivity index (χ1v) is 9.84. The van der Waals surface area contributed by atoms with Gasteiger partial charge in [-0.15, -0.1) is 0 Å². The number of rotatable bonds is 5. The molecule has 7 heteroatoms. The van der Waals surface area contributed by atoms with Gasteiger partial charge >= 0.3 is 0 Å². The largest absolute Gasteiger partial charge is 0.383 e. The van der Waals surface area contributed by atoms with Gasteiger partial charge in [-0.3, -0.25) is 14.5 Å². The number of nitrogens with one attached hydrogen (secondary N) is 1. The minimum absolute atomic E-state index is 0.189. The molecular formula is C20H27ClN2O4. The number of nitrogens with zero attached hydrogens (tertiary/aromatic N) is 1. The number of methoxy groups -OCH3 is 1. The molecule has 1 saturated carbocycles. The molecule has 1 saturated heterocycles. The predicted octanol–water partition coefficient (Wildman–Crippen LogP) is 2.85. The van der Waals surface area contributed by atoms with Gasteiger partial charge in [-0.05, 0) is 55.9 Å². The normalized spacial score (nSPS) is 27.7. The fraction of sp³-hybridized carbons (Fsp3) is 0.600. The maximum absolute atomic E-state index is 13.4. The average Bonchev–Trinajstić information content (AvgIpc) is 3.03. The van der Waals surface area contributed by atoms with Crippen molar-refractivity contribution in [1.29, 1.82) is 0 Å². The van der Waals surface area contributed by atoms with Crippen molar-refractivity contribution in [3.05, 3.63) is 34.9 Å². The van der Waals surface area contributed by atoms with Gasteiger partial charge in [0, 0.05) is 24.2 Å². The first-order valence-electron chi connectivity index (χ1n) is 9.47. The number of hydrogen-bond acceptors (Lipinski definition) is 4. The fourth-order valence-electron chi connectivity index (χ4n) is 3.91. The van der Waals surface area contributed by atoms with Crippen LogP contribution in [-0.2, 0) is 14.3 Å². The van der Waals surface area contributed by atoms with Crippen molar-refractivity contribution < 1.29 is 19.1 Å². The van der Waals surface area contributed by atoms with E-state index < -0.39 is 11.8 Å². The lowest BCUT2D eigenvalue weighted by Crippen LogP contribution is -2.57. The Morgan fingerprint density at radius 2 is 1.96 bits per heavy atom. The van der Waals surface area contributed by atoms with Crippen LogP contribution < -0.4 is 5.32 Å². The second kappa shape index (κ2) is 8.59. The molecule has 27 heavy (non-hydrogen) atoms. The molecular weight excluding hydrogens is 368 g/mol. The van der Waals surface area contributed by atoms with Crippen LogP contribution in [0.1, 0.15) is 43.0 Å². The third-order valence-electron chi connectivity index (χ3n) is 5.53. The summed E-state index contributed by atoms with van der Waals surface area (Å²) in [4.78, 5) is 27.8. The van der Waals surface area contributed by atoms with E-state index in [-0.39, 0.29) is 18.4 Å². The number of halogens is 1. The summed E-state index contributed by atoms with van der Waals surface area (Å²) in [6.45, 7) is 3.25. The van der Waals surface area contributed by atoms with Gasteiger partial charge in [0.05, 0.1) is 13.2 Å². The maximum Gasteiger partial charge on any atom is 0.256 e. The minimum Gasteiger partial charge on any atom is -0.383 e. The Hall–Kier alpha value is -1.63. The molecule has 1 aliphatic carbocycles. The van der Waals surface area contributed by atoms with E-state index >= 15 is 0 Å². The molecule has 1 aromatic rings. The second-order valence-electron chi connectivity index (χ2n) is 7.42. The van der Waals surface area contributed by atoms with E-state index in [2.05, 4.69) is 12.2 Å². The van der Waals surface area contributed by atoms with Crippen LogP contribution in [0, 0.1) is 5.92 Å². The van der Waals surface area contributed by atoms with Crippen LogP contribution in [0.2, 0.25) is 5.02 Å². The number of benzene rings is 1. The maximum atomic E-state index is 13.4. The van der Waals surface area contributed by atoms with E-state index in [1.165, 1.54) is 0 Å². The highest BCUT2D eigenvalue weighted by molar-refractivity contribution is 6.30. The Labute approximate surface area is 165 Å². The van der Waals surface area contributed by atoms with E-state index in [0.717, 1.165) is 25.7 Å². The summed E-state index contributed by atoms with van der Waals surface area (Å²) >= 11 is 5.96. The van der Waals surface area contributed by atoms with Gasteiger partial charge in [-0.1, -0.05) is 18.5 Å². The van der Waals surface area contributed by atoms with Crippen molar-refractivity contribution in [2.45, 2.75) is 44.4 Å². The van der Waals surface area contributed by atoms with Gasteiger partial charge in [-0.2, -0.15) is 0 Å². The van der Waals surface area contributed by atoms with E-state index in [9.17, 15) is 9.59 Å². The lowest BCUT2D eigenvalue weighted by atomic mass is 9.83. The Balaban J connectivity index is 1.86. The standard InChI is InChI=1S/C20H27ClN2O4/c1-14-7-9-20(10-8-14)23(19(25)15-3-5-16(21)6-4-15)17(13-27-20)18(24)22-11-12-26-2/h3-6,14,17H,7-13H2,1-2H3,(H,22,24)/t14?,17-,20?/m0/s1. The molecule has 1 heterocycles. The summed E-state index contributed by atoms with van der Waals surface area (Å²) in [5.41, 5.74) is -0.190. The summed E-state index contributed by atoms with van der Waals surface area (Å²) in [5, 5.41) is 3.41. The number of ether oxygens (including phenoxy) is 2. The zero-order valence-corrected chi connectivity index (χ0v) is 16.6. The molecule has 0 unspecified atom stereocenters. The zero-order valence-electron chi connectivity index (χ0n) is 15.9. The summed E-state index contributed by atoms with van der Waals surface area (Å²) in [6, 6.07) is 6.13. The molecule has 3 rings (SSSR count). The van der Waals surface area contributed by atoms with Crippen LogP contribution in [0.4, 0.5) is 0 Å². The molecule has 0 aromatic heterocycles. The smallest absolute Gasteiger partial charge is 0.256 e. The molecule has 1 aliphatic heterocycles. The molecule has 148 valence electrons. The van der Waals surface area contributed by atoms with Gasteiger partial charge in [0.15, 0.2) is 0 Å². The van der Waals surface area contributed by atoms with Crippen LogP contribution >= 0.6 is 11.6 Å². The fourth-order valence-corrected chi connectivity index (χ4v) is 4.03. The lowest BCUT2D eigenvalue weighted by Gasteiger charge is -2.43. The Kier molecular flexibility index (Phi) is 6.40. The van der Waals surface area contributed by atoms with E-state index in [1.54, 1.807) is 36.3 Å². The van der Waals surface area contributed by atoms with Crippen molar-refractivity contribution >= 4 is 23.4 Å². The number of amides is 2. The summed E-state index contributed by atoms with van der Waals surface area (Å²) in [5.74, 6) is 0.205. The van der Waals surface area contributed by atoms with Gasteiger partial charge in [0.2, 0.25) is 5.91 Å². The van der Waals surface area contributed by atoms with Crippen LogP contribution in [0.5, 0.6) is 0 Å². The zero-order chi connectivity index (χ0) is 19.4. The highest BCUT2D eigenvalue weighted by atomic mass is 35.5. The molecule has 2 amide bonds. The van der Waals surface area contributed by atoms with E-state index in [1.807, 2.05) is 0 Å². The Bertz CT molecular complexity index is 671. The molecule has 1 spiro atoms. The number of carbonyl (C=O) groups excluding carboxylic acids is 2. The first-order chi connectivity index (χ1) is 13.0. The predicted molar refractivity (Wildman–Crippen MR) is 103 cm³/mol. The monoisotopic (exact) mass is 394 g/mol. The summed E-state index contributed by atoms with van der Waals surface area (Å²) in [6.07, 6.45) is 3.44. The van der Waals surface area contributed by atoms with Crippen LogP contribution in [0.3, 0.4) is 0 Å². The SMILES string of the molecule is COCCNC(=O)[C@@H]1COC2(CCC(C)CC2)N1C(=O)c1ccc(Cl)cc1. The van der Waals surface area contributed by atoms with Crippen LogP contribution in [-0.4, -0.2) is 55.3 Å². The molecule has 0 radical (unpaired) electrons. The van der Waals surface area contributed by atoms with Crippen molar-refractivity contribution in [3.63, 3.8) is 0 Å². The second-order valence-corrected chi connectivity index (χ2v) is 7.86. The third kappa shape index (κ3) is 4.28. The van der Waals surface area contributed by atoms with Gasteiger partial charge in [0.1, 0.15) is 11.8 Å².